The normalized spacial score (nSPS) is 22.2. The van der Waals surface area contributed by atoms with E-state index in [0.717, 1.165) is 24.3 Å². The van der Waals surface area contributed by atoms with Crippen LogP contribution in [-0.4, -0.2) is 12.6 Å². The van der Waals surface area contributed by atoms with Gasteiger partial charge in [0.1, 0.15) is 0 Å². The van der Waals surface area contributed by atoms with Gasteiger partial charge < -0.3 is 4.74 Å². The van der Waals surface area contributed by atoms with E-state index in [1.165, 1.54) is 6.42 Å². The summed E-state index contributed by atoms with van der Waals surface area (Å²) in [6.07, 6.45) is 7.35. The molecule has 0 aromatic rings. The van der Waals surface area contributed by atoms with Crippen molar-refractivity contribution in [1.82, 2.24) is 0 Å². The Hall–Kier alpha value is -0.790. The molecular weight excluding hydrogens is 212 g/mol. The van der Waals surface area contributed by atoms with E-state index in [9.17, 15) is 4.79 Å². The van der Waals surface area contributed by atoms with E-state index >= 15 is 0 Å². The summed E-state index contributed by atoms with van der Waals surface area (Å²) in [7, 11) is 0. The third kappa shape index (κ3) is 3.86. The van der Waals surface area contributed by atoms with Gasteiger partial charge in [-0.1, -0.05) is 33.3 Å². The van der Waals surface area contributed by atoms with Gasteiger partial charge in [-0.05, 0) is 43.9 Å². The van der Waals surface area contributed by atoms with E-state index in [-0.39, 0.29) is 5.97 Å². The number of esters is 1. The van der Waals surface area contributed by atoms with Crippen molar-refractivity contribution in [2.24, 2.45) is 17.8 Å². The highest BCUT2D eigenvalue weighted by Gasteiger charge is 2.26. The molecule has 0 amide bonds. The standard InChI is InChI=1S/C15H25O2/c1-5-14(11(3)4)12-7-9-13(10-8-12)15(16)17-6-2/h7,9,11-12,14H,5-6,8,10H2,1-4H3. The van der Waals surface area contributed by atoms with Gasteiger partial charge in [-0.2, -0.15) is 0 Å². The predicted molar refractivity (Wildman–Crippen MR) is 70.4 cm³/mol. The van der Waals surface area contributed by atoms with Crippen molar-refractivity contribution in [2.45, 2.75) is 47.0 Å². The van der Waals surface area contributed by atoms with Crippen molar-refractivity contribution in [1.29, 1.82) is 0 Å². The predicted octanol–water partition coefficient (Wildman–Crippen LogP) is 3.77. The maximum absolute atomic E-state index is 11.6. The van der Waals surface area contributed by atoms with E-state index < -0.39 is 0 Å². The maximum atomic E-state index is 11.6. The second kappa shape index (κ2) is 6.83. The van der Waals surface area contributed by atoms with Crippen LogP contribution in [0.1, 0.15) is 47.0 Å². The highest BCUT2D eigenvalue weighted by molar-refractivity contribution is 5.88. The Balaban J connectivity index is 2.56. The molecule has 0 fully saturated rings. The molecule has 1 aliphatic rings. The van der Waals surface area contributed by atoms with Crippen molar-refractivity contribution in [3.8, 4) is 0 Å². The van der Waals surface area contributed by atoms with Crippen LogP contribution in [0.3, 0.4) is 0 Å². The summed E-state index contributed by atoms with van der Waals surface area (Å²) in [5.41, 5.74) is 0.835. The molecule has 0 aliphatic heterocycles. The fourth-order valence-electron chi connectivity index (χ4n) is 2.76. The molecule has 1 radical (unpaired) electrons. The van der Waals surface area contributed by atoms with Gasteiger partial charge >= 0.3 is 5.97 Å². The van der Waals surface area contributed by atoms with E-state index in [1.807, 2.05) is 13.0 Å². The minimum absolute atomic E-state index is 0.139. The number of carbonyl (C=O) groups excluding carboxylic acids is 1. The lowest BCUT2D eigenvalue weighted by Gasteiger charge is -2.31. The average molecular weight is 237 g/mol. The number of allylic oxidation sites excluding steroid dienone is 1. The van der Waals surface area contributed by atoms with Gasteiger partial charge in [0.05, 0.1) is 6.61 Å². The lowest BCUT2D eigenvalue weighted by atomic mass is 9.74. The van der Waals surface area contributed by atoms with Crippen molar-refractivity contribution < 1.29 is 9.53 Å². The van der Waals surface area contributed by atoms with Gasteiger partial charge in [0.15, 0.2) is 0 Å². The van der Waals surface area contributed by atoms with Gasteiger partial charge in [0.25, 0.3) is 0 Å². The van der Waals surface area contributed by atoms with Crippen molar-refractivity contribution >= 4 is 5.97 Å². The van der Waals surface area contributed by atoms with Gasteiger partial charge in [-0.15, -0.1) is 0 Å². The molecule has 2 unspecified atom stereocenters. The topological polar surface area (TPSA) is 26.3 Å². The van der Waals surface area contributed by atoms with Gasteiger partial charge in [-0.3, -0.25) is 0 Å². The third-order valence-electron chi connectivity index (χ3n) is 3.71. The zero-order chi connectivity index (χ0) is 12.8. The Morgan fingerprint density at radius 2 is 2.18 bits per heavy atom. The molecule has 2 heteroatoms. The van der Waals surface area contributed by atoms with E-state index in [0.29, 0.717) is 18.4 Å². The zero-order valence-electron chi connectivity index (χ0n) is 11.5. The Morgan fingerprint density at radius 3 is 2.59 bits per heavy atom. The first kappa shape index (κ1) is 14.3. The smallest absolute Gasteiger partial charge is 0.333 e. The van der Waals surface area contributed by atoms with Gasteiger partial charge in [0, 0.05) is 5.57 Å². The van der Waals surface area contributed by atoms with Crippen LogP contribution < -0.4 is 0 Å². The average Bonchev–Trinajstić information content (AvgIpc) is 2.30. The number of rotatable bonds is 5. The molecule has 0 spiro atoms. The number of hydrogen-bond donors (Lipinski definition) is 0. The first-order chi connectivity index (χ1) is 8.10. The number of carbonyl (C=O) groups is 1. The van der Waals surface area contributed by atoms with E-state index in [4.69, 9.17) is 4.74 Å². The summed E-state index contributed by atoms with van der Waals surface area (Å²) in [5.74, 6) is 1.92. The monoisotopic (exact) mass is 237 g/mol. The molecule has 0 aromatic heterocycles. The quantitative estimate of drug-likeness (QED) is 0.680. The molecule has 2 atom stereocenters. The second-order valence-corrected chi connectivity index (χ2v) is 5.12. The molecule has 17 heavy (non-hydrogen) atoms. The molecule has 1 rings (SSSR count). The largest absolute Gasteiger partial charge is 0.463 e. The third-order valence-corrected chi connectivity index (χ3v) is 3.71. The molecule has 0 saturated carbocycles. The lowest BCUT2D eigenvalue weighted by Crippen LogP contribution is -2.23. The van der Waals surface area contributed by atoms with Crippen LogP contribution in [0.15, 0.2) is 11.6 Å². The summed E-state index contributed by atoms with van der Waals surface area (Å²) in [4.78, 5) is 11.6. The number of hydrogen-bond acceptors (Lipinski definition) is 2. The van der Waals surface area contributed by atoms with E-state index in [1.54, 1.807) is 0 Å². The van der Waals surface area contributed by atoms with Crippen molar-refractivity contribution in [3.05, 3.63) is 18.1 Å². The molecule has 97 valence electrons. The Bertz CT molecular complexity index is 279. The molecule has 0 heterocycles. The maximum Gasteiger partial charge on any atom is 0.333 e. The van der Waals surface area contributed by atoms with Crippen LogP contribution in [0.5, 0.6) is 0 Å². The van der Waals surface area contributed by atoms with Crippen molar-refractivity contribution in [3.63, 3.8) is 0 Å². The minimum Gasteiger partial charge on any atom is -0.463 e. The molecule has 2 nitrogen and oxygen atoms in total. The Labute approximate surface area is 105 Å². The summed E-state index contributed by atoms with van der Waals surface area (Å²) in [6.45, 7) is 9.13. The summed E-state index contributed by atoms with van der Waals surface area (Å²) in [5, 5.41) is 0. The summed E-state index contributed by atoms with van der Waals surface area (Å²) in [6, 6.07) is 0. The summed E-state index contributed by atoms with van der Waals surface area (Å²) < 4.78 is 5.02. The molecule has 0 N–H and O–H groups in total. The van der Waals surface area contributed by atoms with Crippen LogP contribution >= 0.6 is 0 Å². The van der Waals surface area contributed by atoms with Crippen LogP contribution in [0.4, 0.5) is 0 Å². The minimum atomic E-state index is -0.139. The van der Waals surface area contributed by atoms with Gasteiger partial charge in [0.2, 0.25) is 0 Å². The molecule has 0 aromatic carbocycles. The molecule has 1 aliphatic carbocycles. The van der Waals surface area contributed by atoms with E-state index in [2.05, 4.69) is 27.2 Å². The Morgan fingerprint density at radius 1 is 1.47 bits per heavy atom. The first-order valence-corrected chi connectivity index (χ1v) is 6.81. The second-order valence-electron chi connectivity index (χ2n) is 5.12. The number of ether oxygens (including phenoxy) is 1. The summed E-state index contributed by atoms with van der Waals surface area (Å²) >= 11 is 0. The lowest BCUT2D eigenvalue weighted by molar-refractivity contribution is -0.138. The van der Waals surface area contributed by atoms with Gasteiger partial charge in [-0.25, -0.2) is 4.79 Å². The molecule has 0 saturated heterocycles. The first-order valence-electron chi connectivity index (χ1n) is 6.81. The fraction of sp³-hybridized carbons (Fsp3) is 0.733. The highest BCUT2D eigenvalue weighted by Crippen LogP contribution is 2.34. The molecular formula is C15H25O2. The van der Waals surface area contributed by atoms with Crippen LogP contribution in [0.25, 0.3) is 0 Å². The zero-order valence-corrected chi connectivity index (χ0v) is 11.5. The fourth-order valence-corrected chi connectivity index (χ4v) is 2.76. The highest BCUT2D eigenvalue weighted by atomic mass is 16.5. The SMILES string of the molecule is CCOC(=O)C1=C[CH]C(C(CC)C(C)C)CC1. The van der Waals surface area contributed by atoms with Crippen LogP contribution in [0.2, 0.25) is 0 Å². The molecule has 0 bridgehead atoms. The van der Waals surface area contributed by atoms with Crippen LogP contribution in [-0.2, 0) is 9.53 Å². The Kier molecular flexibility index (Phi) is 5.73. The van der Waals surface area contributed by atoms with Crippen LogP contribution in [0, 0.1) is 24.2 Å². The van der Waals surface area contributed by atoms with Crippen molar-refractivity contribution in [2.75, 3.05) is 6.61 Å².